The standard InChI is InChI=1S/C18H16F2N4/c1-12-2-5-15(20)10-16(12)23-18-21-9-8-17(24-18)22-11-13-3-6-14(19)7-4-13/h2-10H,11H2,1H3,(H2,21,22,23,24). The number of aromatic nitrogens is 2. The van der Waals surface area contributed by atoms with Crippen LogP contribution in [0.3, 0.4) is 0 Å². The highest BCUT2D eigenvalue weighted by atomic mass is 19.1. The van der Waals surface area contributed by atoms with Crippen LogP contribution in [-0.4, -0.2) is 9.97 Å². The Morgan fingerprint density at radius 3 is 2.50 bits per heavy atom. The fourth-order valence-corrected chi connectivity index (χ4v) is 2.16. The topological polar surface area (TPSA) is 49.8 Å². The summed E-state index contributed by atoms with van der Waals surface area (Å²) in [7, 11) is 0. The molecule has 0 aliphatic rings. The van der Waals surface area contributed by atoms with E-state index in [1.54, 1.807) is 30.5 Å². The number of anilines is 3. The summed E-state index contributed by atoms with van der Waals surface area (Å²) in [5.74, 6) is 0.394. The van der Waals surface area contributed by atoms with E-state index in [0.29, 0.717) is 24.0 Å². The molecule has 0 saturated carbocycles. The van der Waals surface area contributed by atoms with Crippen LogP contribution < -0.4 is 10.6 Å². The molecule has 0 saturated heterocycles. The molecule has 3 rings (SSSR count). The fourth-order valence-electron chi connectivity index (χ4n) is 2.16. The normalized spacial score (nSPS) is 10.5. The highest BCUT2D eigenvalue weighted by molar-refractivity contribution is 5.59. The van der Waals surface area contributed by atoms with Gasteiger partial charge in [-0.15, -0.1) is 0 Å². The van der Waals surface area contributed by atoms with Crippen LogP contribution in [0.25, 0.3) is 0 Å². The first-order valence-corrected chi connectivity index (χ1v) is 7.45. The molecule has 0 atom stereocenters. The molecular weight excluding hydrogens is 310 g/mol. The van der Waals surface area contributed by atoms with E-state index in [1.165, 1.54) is 24.3 Å². The zero-order valence-corrected chi connectivity index (χ0v) is 13.1. The summed E-state index contributed by atoms with van der Waals surface area (Å²) in [5.41, 5.74) is 2.45. The molecule has 4 nitrogen and oxygen atoms in total. The van der Waals surface area contributed by atoms with Crippen molar-refractivity contribution >= 4 is 17.5 Å². The van der Waals surface area contributed by atoms with E-state index in [1.807, 2.05) is 6.92 Å². The number of aryl methyl sites for hydroxylation is 1. The maximum atomic E-state index is 13.3. The third kappa shape index (κ3) is 4.04. The molecule has 1 aromatic heterocycles. The highest BCUT2D eigenvalue weighted by Gasteiger charge is 2.04. The van der Waals surface area contributed by atoms with Gasteiger partial charge in [-0.3, -0.25) is 0 Å². The first kappa shape index (κ1) is 15.9. The fraction of sp³-hybridized carbons (Fsp3) is 0.111. The molecule has 2 aromatic carbocycles. The van der Waals surface area contributed by atoms with Crippen molar-refractivity contribution in [2.45, 2.75) is 13.5 Å². The predicted molar refractivity (Wildman–Crippen MR) is 90.2 cm³/mol. The molecule has 2 N–H and O–H groups in total. The summed E-state index contributed by atoms with van der Waals surface area (Å²) < 4.78 is 26.2. The minimum atomic E-state index is -0.325. The van der Waals surface area contributed by atoms with Crippen molar-refractivity contribution in [3.8, 4) is 0 Å². The maximum absolute atomic E-state index is 13.3. The maximum Gasteiger partial charge on any atom is 0.229 e. The quantitative estimate of drug-likeness (QED) is 0.729. The zero-order chi connectivity index (χ0) is 16.9. The molecule has 3 aromatic rings. The van der Waals surface area contributed by atoms with Crippen molar-refractivity contribution < 1.29 is 8.78 Å². The molecule has 0 aliphatic heterocycles. The Balaban J connectivity index is 1.69. The van der Waals surface area contributed by atoms with E-state index < -0.39 is 0 Å². The molecule has 0 amide bonds. The first-order valence-electron chi connectivity index (χ1n) is 7.45. The largest absolute Gasteiger partial charge is 0.366 e. The van der Waals surface area contributed by atoms with Crippen LogP contribution in [0.1, 0.15) is 11.1 Å². The molecule has 122 valence electrons. The van der Waals surface area contributed by atoms with E-state index in [2.05, 4.69) is 20.6 Å². The number of nitrogens with one attached hydrogen (secondary N) is 2. The summed E-state index contributed by atoms with van der Waals surface area (Å²) in [6.07, 6.45) is 1.61. The second-order valence-corrected chi connectivity index (χ2v) is 5.33. The molecule has 0 unspecified atom stereocenters. The molecule has 0 fully saturated rings. The lowest BCUT2D eigenvalue weighted by atomic mass is 10.2. The number of benzene rings is 2. The van der Waals surface area contributed by atoms with E-state index in [-0.39, 0.29) is 11.6 Å². The Morgan fingerprint density at radius 2 is 1.71 bits per heavy atom. The predicted octanol–water partition coefficient (Wildman–Crippen LogP) is 4.42. The molecule has 0 spiro atoms. The van der Waals surface area contributed by atoms with Gasteiger partial charge >= 0.3 is 0 Å². The first-order chi connectivity index (χ1) is 11.6. The summed E-state index contributed by atoms with van der Waals surface area (Å²) >= 11 is 0. The molecule has 0 aliphatic carbocycles. The van der Waals surface area contributed by atoms with Gasteiger partial charge in [0.25, 0.3) is 0 Å². The van der Waals surface area contributed by atoms with Gasteiger partial charge < -0.3 is 10.6 Å². The molecule has 0 bridgehead atoms. The zero-order valence-electron chi connectivity index (χ0n) is 13.1. The van der Waals surface area contributed by atoms with Gasteiger partial charge in [-0.25, -0.2) is 13.8 Å². The van der Waals surface area contributed by atoms with Crippen LogP contribution in [0.2, 0.25) is 0 Å². The van der Waals surface area contributed by atoms with E-state index >= 15 is 0 Å². The van der Waals surface area contributed by atoms with Gasteiger partial charge in [0.1, 0.15) is 17.5 Å². The van der Waals surface area contributed by atoms with Crippen molar-refractivity contribution in [3.63, 3.8) is 0 Å². The Kier molecular flexibility index (Phi) is 4.65. The average Bonchev–Trinajstić information content (AvgIpc) is 2.58. The van der Waals surface area contributed by atoms with Crippen molar-refractivity contribution in [2.24, 2.45) is 0 Å². The third-order valence-corrected chi connectivity index (χ3v) is 3.49. The van der Waals surface area contributed by atoms with Crippen molar-refractivity contribution in [2.75, 3.05) is 10.6 Å². The Labute approximate surface area is 138 Å². The van der Waals surface area contributed by atoms with Gasteiger partial charge in [-0.1, -0.05) is 18.2 Å². The molecule has 0 radical (unpaired) electrons. The van der Waals surface area contributed by atoms with Gasteiger partial charge in [-0.05, 0) is 48.4 Å². The Hall–Kier alpha value is -3.02. The SMILES string of the molecule is Cc1ccc(F)cc1Nc1nccc(NCc2ccc(F)cc2)n1. The summed E-state index contributed by atoms with van der Waals surface area (Å²) in [6.45, 7) is 2.38. The highest BCUT2D eigenvalue weighted by Crippen LogP contribution is 2.20. The smallest absolute Gasteiger partial charge is 0.229 e. The van der Waals surface area contributed by atoms with Crippen molar-refractivity contribution in [3.05, 3.63) is 77.5 Å². The number of hydrogen-bond acceptors (Lipinski definition) is 4. The van der Waals surface area contributed by atoms with Crippen LogP contribution in [0.4, 0.5) is 26.2 Å². The molecule has 6 heteroatoms. The molecule has 24 heavy (non-hydrogen) atoms. The summed E-state index contributed by atoms with van der Waals surface area (Å²) in [5, 5.41) is 6.15. The van der Waals surface area contributed by atoms with Crippen LogP contribution in [0.5, 0.6) is 0 Å². The second kappa shape index (κ2) is 7.04. The van der Waals surface area contributed by atoms with Crippen LogP contribution >= 0.6 is 0 Å². The summed E-state index contributed by atoms with van der Waals surface area (Å²) in [6, 6.07) is 12.5. The monoisotopic (exact) mass is 326 g/mol. The lowest BCUT2D eigenvalue weighted by Gasteiger charge is -2.10. The van der Waals surface area contributed by atoms with E-state index in [0.717, 1.165) is 11.1 Å². The van der Waals surface area contributed by atoms with Crippen LogP contribution in [-0.2, 0) is 6.54 Å². The lowest BCUT2D eigenvalue weighted by molar-refractivity contribution is 0.627. The van der Waals surface area contributed by atoms with Gasteiger partial charge in [-0.2, -0.15) is 4.98 Å². The van der Waals surface area contributed by atoms with E-state index in [9.17, 15) is 8.78 Å². The van der Waals surface area contributed by atoms with Crippen molar-refractivity contribution in [1.29, 1.82) is 0 Å². The number of hydrogen-bond donors (Lipinski definition) is 2. The third-order valence-electron chi connectivity index (χ3n) is 3.49. The number of halogens is 2. The minimum Gasteiger partial charge on any atom is -0.366 e. The van der Waals surface area contributed by atoms with E-state index in [4.69, 9.17) is 0 Å². The second-order valence-electron chi connectivity index (χ2n) is 5.33. The van der Waals surface area contributed by atoms with Gasteiger partial charge in [0.2, 0.25) is 5.95 Å². The lowest BCUT2D eigenvalue weighted by Crippen LogP contribution is -2.04. The average molecular weight is 326 g/mol. The molecular formula is C18H16F2N4. The number of nitrogens with zero attached hydrogens (tertiary/aromatic N) is 2. The van der Waals surface area contributed by atoms with Gasteiger partial charge in [0.05, 0.1) is 0 Å². The van der Waals surface area contributed by atoms with Gasteiger partial charge in [0.15, 0.2) is 0 Å². The Bertz CT molecular complexity index is 835. The minimum absolute atomic E-state index is 0.266. The summed E-state index contributed by atoms with van der Waals surface area (Å²) in [4.78, 5) is 8.48. The van der Waals surface area contributed by atoms with Crippen molar-refractivity contribution in [1.82, 2.24) is 9.97 Å². The Morgan fingerprint density at radius 1 is 0.958 bits per heavy atom. The molecule has 1 heterocycles. The van der Waals surface area contributed by atoms with Gasteiger partial charge in [0, 0.05) is 18.4 Å². The van der Waals surface area contributed by atoms with Crippen LogP contribution in [0, 0.1) is 18.6 Å². The number of rotatable bonds is 5. The van der Waals surface area contributed by atoms with Crippen LogP contribution in [0.15, 0.2) is 54.7 Å².